The largest absolute Gasteiger partial charge is 0.305 e. The highest BCUT2D eigenvalue weighted by Crippen LogP contribution is 2.23. The van der Waals surface area contributed by atoms with Gasteiger partial charge in [0.15, 0.2) is 0 Å². The molecule has 0 aliphatic rings. The van der Waals surface area contributed by atoms with Crippen molar-refractivity contribution in [2.75, 3.05) is 14.1 Å². The van der Waals surface area contributed by atoms with Gasteiger partial charge in [-0.3, -0.25) is 9.36 Å². The summed E-state index contributed by atoms with van der Waals surface area (Å²) < 4.78 is 1.69. The van der Waals surface area contributed by atoms with E-state index < -0.39 is 0 Å². The van der Waals surface area contributed by atoms with E-state index in [9.17, 15) is 4.79 Å². The summed E-state index contributed by atoms with van der Waals surface area (Å²) in [6.07, 6.45) is 2.44. The average Bonchev–Trinajstić information content (AvgIpc) is 2.74. The van der Waals surface area contributed by atoms with Gasteiger partial charge in [0.2, 0.25) is 0 Å². The van der Waals surface area contributed by atoms with Gasteiger partial charge in [0, 0.05) is 18.1 Å². The molecule has 3 aromatic carbocycles. The fourth-order valence-corrected chi connectivity index (χ4v) is 3.69. The summed E-state index contributed by atoms with van der Waals surface area (Å²) in [5.74, 6) is 0. The Morgan fingerprint density at radius 2 is 1.57 bits per heavy atom. The molecular weight excluding hydrogens is 394 g/mol. The van der Waals surface area contributed by atoms with E-state index in [1.807, 2.05) is 42.5 Å². The maximum atomic E-state index is 12.9. The molecule has 4 aromatic rings. The molecule has 152 valence electrons. The van der Waals surface area contributed by atoms with E-state index in [-0.39, 0.29) is 5.56 Å². The van der Waals surface area contributed by atoms with Crippen LogP contribution in [0.5, 0.6) is 0 Å². The van der Waals surface area contributed by atoms with Crippen LogP contribution < -0.4 is 5.56 Å². The van der Waals surface area contributed by atoms with Gasteiger partial charge in [-0.05, 0) is 67.0 Å². The normalized spacial score (nSPS) is 11.3. The maximum absolute atomic E-state index is 12.9. The van der Waals surface area contributed by atoms with Gasteiger partial charge in [-0.1, -0.05) is 54.1 Å². The van der Waals surface area contributed by atoms with E-state index in [0.29, 0.717) is 22.5 Å². The molecule has 0 N–H and O–H groups in total. The molecule has 0 radical (unpaired) electrons. The first-order chi connectivity index (χ1) is 14.5. The Morgan fingerprint density at radius 1 is 0.900 bits per heavy atom. The van der Waals surface area contributed by atoms with Crippen molar-refractivity contribution >= 4 is 22.5 Å². The molecule has 4 rings (SSSR count). The molecule has 30 heavy (non-hydrogen) atoms. The quantitative estimate of drug-likeness (QED) is 0.442. The van der Waals surface area contributed by atoms with Crippen LogP contribution in [0.25, 0.3) is 22.0 Å². The van der Waals surface area contributed by atoms with E-state index in [1.165, 1.54) is 11.1 Å². The zero-order chi connectivity index (χ0) is 21.1. The van der Waals surface area contributed by atoms with Crippen LogP contribution in [0.2, 0.25) is 5.02 Å². The highest BCUT2D eigenvalue weighted by Gasteiger charge is 2.07. The third-order valence-electron chi connectivity index (χ3n) is 5.17. The molecule has 0 spiro atoms. The van der Waals surface area contributed by atoms with Crippen molar-refractivity contribution in [3.8, 4) is 11.1 Å². The first kappa shape index (κ1) is 20.3. The number of nitrogens with zero attached hydrogens (tertiary/aromatic N) is 3. The van der Waals surface area contributed by atoms with Crippen molar-refractivity contribution in [1.29, 1.82) is 0 Å². The van der Waals surface area contributed by atoms with Crippen LogP contribution in [-0.4, -0.2) is 28.5 Å². The van der Waals surface area contributed by atoms with Crippen molar-refractivity contribution in [3.05, 3.63) is 99.6 Å². The molecule has 0 saturated carbocycles. The van der Waals surface area contributed by atoms with Crippen LogP contribution >= 0.6 is 11.6 Å². The lowest BCUT2D eigenvalue weighted by Gasteiger charge is -2.11. The number of hydrogen-bond donors (Lipinski definition) is 0. The first-order valence-electron chi connectivity index (χ1n) is 9.97. The molecule has 0 atom stereocenters. The number of aromatic nitrogens is 2. The lowest BCUT2D eigenvalue weighted by Crippen LogP contribution is -2.21. The summed E-state index contributed by atoms with van der Waals surface area (Å²) in [4.78, 5) is 19.6. The fourth-order valence-electron chi connectivity index (χ4n) is 3.57. The van der Waals surface area contributed by atoms with Crippen molar-refractivity contribution in [2.24, 2.45) is 0 Å². The third kappa shape index (κ3) is 4.61. The molecule has 0 amide bonds. The third-order valence-corrected chi connectivity index (χ3v) is 5.42. The van der Waals surface area contributed by atoms with E-state index in [2.05, 4.69) is 48.2 Å². The Balaban J connectivity index is 1.52. The molecule has 0 saturated heterocycles. The summed E-state index contributed by atoms with van der Waals surface area (Å²) in [5.41, 5.74) is 5.25. The number of fused-ring (bicyclic) bond motifs is 1. The van der Waals surface area contributed by atoms with Crippen LogP contribution in [0, 0.1) is 0 Å². The zero-order valence-corrected chi connectivity index (χ0v) is 17.9. The fraction of sp³-hybridized carbons (Fsp3) is 0.200. The van der Waals surface area contributed by atoms with Crippen LogP contribution in [0.15, 0.2) is 77.9 Å². The van der Waals surface area contributed by atoms with Gasteiger partial charge in [0.1, 0.15) is 0 Å². The number of halogens is 1. The predicted octanol–water partition coefficient (Wildman–Crippen LogP) is 5.02. The van der Waals surface area contributed by atoms with Gasteiger partial charge in [0.05, 0.1) is 17.2 Å². The summed E-state index contributed by atoms with van der Waals surface area (Å²) in [7, 11) is 4.12. The second kappa shape index (κ2) is 8.82. The molecule has 0 fully saturated rings. The molecule has 4 nitrogen and oxygen atoms in total. The Bertz CT molecular complexity index is 1210. The van der Waals surface area contributed by atoms with Crippen LogP contribution in [0.4, 0.5) is 0 Å². The van der Waals surface area contributed by atoms with Gasteiger partial charge in [0.25, 0.3) is 5.56 Å². The summed E-state index contributed by atoms with van der Waals surface area (Å²) in [6, 6.07) is 22.0. The molecule has 1 aromatic heterocycles. The molecular formula is C25H24ClN3O. The number of benzene rings is 3. The predicted molar refractivity (Wildman–Crippen MR) is 124 cm³/mol. The summed E-state index contributed by atoms with van der Waals surface area (Å²) >= 11 is 5.98. The summed E-state index contributed by atoms with van der Waals surface area (Å²) in [5, 5.41) is 1.34. The van der Waals surface area contributed by atoms with Gasteiger partial charge >= 0.3 is 0 Å². The van der Waals surface area contributed by atoms with Crippen LogP contribution in [0.1, 0.15) is 11.1 Å². The highest BCUT2D eigenvalue weighted by molar-refractivity contribution is 6.30. The average molecular weight is 418 g/mol. The zero-order valence-electron chi connectivity index (χ0n) is 17.2. The Hall–Kier alpha value is -2.95. The minimum atomic E-state index is -0.00751. The molecule has 0 aliphatic carbocycles. The standard InChI is InChI=1S/C25H24ClN3O/c1-28(2)16-19-5-3-18(4-6-19)13-14-29-17-27-24-15-21(9-12-23(24)25(29)30)20-7-10-22(26)11-8-20/h3-12,15,17H,13-14,16H2,1-2H3. The molecule has 0 unspecified atom stereocenters. The van der Waals surface area contributed by atoms with E-state index in [0.717, 1.165) is 24.1 Å². The number of aryl methyl sites for hydroxylation is 2. The van der Waals surface area contributed by atoms with Crippen molar-refractivity contribution in [2.45, 2.75) is 19.5 Å². The second-order valence-corrected chi connectivity index (χ2v) is 8.22. The van der Waals surface area contributed by atoms with Crippen LogP contribution in [-0.2, 0) is 19.5 Å². The maximum Gasteiger partial charge on any atom is 0.261 e. The lowest BCUT2D eigenvalue weighted by atomic mass is 10.0. The monoisotopic (exact) mass is 417 g/mol. The molecule has 5 heteroatoms. The first-order valence-corrected chi connectivity index (χ1v) is 10.3. The summed E-state index contributed by atoms with van der Waals surface area (Å²) in [6.45, 7) is 1.53. The smallest absolute Gasteiger partial charge is 0.261 e. The van der Waals surface area contributed by atoms with Gasteiger partial charge in [-0.2, -0.15) is 0 Å². The van der Waals surface area contributed by atoms with Crippen molar-refractivity contribution in [1.82, 2.24) is 14.5 Å². The molecule has 0 bridgehead atoms. The van der Waals surface area contributed by atoms with Crippen molar-refractivity contribution in [3.63, 3.8) is 0 Å². The minimum absolute atomic E-state index is 0.00751. The van der Waals surface area contributed by atoms with E-state index in [1.54, 1.807) is 10.9 Å². The topological polar surface area (TPSA) is 38.1 Å². The molecule has 1 heterocycles. The number of hydrogen-bond acceptors (Lipinski definition) is 3. The Kier molecular flexibility index (Phi) is 5.98. The second-order valence-electron chi connectivity index (χ2n) is 7.79. The highest BCUT2D eigenvalue weighted by atomic mass is 35.5. The molecule has 0 aliphatic heterocycles. The van der Waals surface area contributed by atoms with Crippen molar-refractivity contribution < 1.29 is 0 Å². The Labute approximate surface area is 181 Å². The van der Waals surface area contributed by atoms with E-state index >= 15 is 0 Å². The van der Waals surface area contributed by atoms with Gasteiger partial charge in [-0.15, -0.1) is 0 Å². The number of rotatable bonds is 6. The van der Waals surface area contributed by atoms with E-state index in [4.69, 9.17) is 11.6 Å². The minimum Gasteiger partial charge on any atom is -0.305 e. The van der Waals surface area contributed by atoms with Gasteiger partial charge in [-0.25, -0.2) is 4.98 Å². The van der Waals surface area contributed by atoms with Crippen LogP contribution in [0.3, 0.4) is 0 Å². The van der Waals surface area contributed by atoms with Gasteiger partial charge < -0.3 is 4.90 Å². The lowest BCUT2D eigenvalue weighted by molar-refractivity contribution is 0.402. The Morgan fingerprint density at radius 3 is 2.27 bits per heavy atom. The SMILES string of the molecule is CN(C)Cc1ccc(CCn2cnc3cc(-c4ccc(Cl)cc4)ccc3c2=O)cc1.